The largest absolute Gasteiger partial charge is 0.508 e. The van der Waals surface area contributed by atoms with E-state index in [0.717, 1.165) is 48.3 Å². The molecule has 0 heterocycles. The fourth-order valence-corrected chi connectivity index (χ4v) is 2.64. The van der Waals surface area contributed by atoms with Crippen LogP contribution < -0.4 is 9.47 Å². The van der Waals surface area contributed by atoms with Crippen molar-refractivity contribution in [3.05, 3.63) is 59.2 Å². The number of benzene rings is 2. The van der Waals surface area contributed by atoms with E-state index in [1.54, 1.807) is 24.3 Å². The molecule has 0 aromatic heterocycles. The van der Waals surface area contributed by atoms with Crippen LogP contribution in [-0.4, -0.2) is 24.1 Å². The molecular formula is C24H30O4. The van der Waals surface area contributed by atoms with Crippen LogP contribution in [0.4, 0.5) is 0 Å². The number of phenolic OH excluding ortho intramolecular Hbond substituents is 1. The highest BCUT2D eigenvalue weighted by atomic mass is 16.5. The van der Waals surface area contributed by atoms with Gasteiger partial charge < -0.3 is 14.6 Å². The number of hydrogen-bond donors (Lipinski definition) is 1. The Morgan fingerprint density at radius 1 is 1.00 bits per heavy atom. The van der Waals surface area contributed by atoms with Crippen molar-refractivity contribution in [2.24, 2.45) is 0 Å². The van der Waals surface area contributed by atoms with Gasteiger partial charge in [-0.2, -0.15) is 0 Å². The minimum Gasteiger partial charge on any atom is -0.508 e. The summed E-state index contributed by atoms with van der Waals surface area (Å²) in [6.07, 6.45) is 7.46. The number of ether oxygens (including phenoxy) is 2. The summed E-state index contributed by atoms with van der Waals surface area (Å²) in [5.41, 5.74) is 2.41. The second-order valence-corrected chi connectivity index (χ2v) is 6.78. The molecule has 0 aliphatic rings. The van der Waals surface area contributed by atoms with Gasteiger partial charge in [-0.05, 0) is 67.3 Å². The molecule has 0 saturated carbocycles. The van der Waals surface area contributed by atoms with Crippen molar-refractivity contribution in [1.29, 1.82) is 0 Å². The van der Waals surface area contributed by atoms with Gasteiger partial charge in [0.25, 0.3) is 0 Å². The van der Waals surface area contributed by atoms with E-state index in [4.69, 9.17) is 9.47 Å². The maximum absolute atomic E-state index is 12.4. The lowest BCUT2D eigenvalue weighted by Gasteiger charge is -2.14. The Hall–Kier alpha value is -2.75. The smallest absolute Gasteiger partial charge is 0.185 e. The molecule has 4 nitrogen and oxygen atoms in total. The minimum absolute atomic E-state index is 0.120. The predicted octanol–water partition coefficient (Wildman–Crippen LogP) is 5.95. The van der Waals surface area contributed by atoms with Gasteiger partial charge in [0, 0.05) is 11.6 Å². The molecule has 0 amide bonds. The molecule has 0 fully saturated rings. The molecule has 4 heteroatoms. The van der Waals surface area contributed by atoms with Gasteiger partial charge >= 0.3 is 0 Å². The Kier molecular flexibility index (Phi) is 8.60. The molecule has 2 aromatic rings. The number of phenols is 1. The molecule has 1 N–H and O–H groups in total. The number of ketones is 1. The SMILES string of the molecule is CCCCOc1cc(/C=C/C(=O)c2ccc(O)cc2)c(C)c(OCCCC)c1. The highest BCUT2D eigenvalue weighted by molar-refractivity contribution is 6.07. The lowest BCUT2D eigenvalue weighted by Crippen LogP contribution is -2.02. The van der Waals surface area contributed by atoms with E-state index in [1.165, 1.54) is 12.1 Å². The van der Waals surface area contributed by atoms with Crippen molar-refractivity contribution >= 4 is 11.9 Å². The van der Waals surface area contributed by atoms with E-state index in [2.05, 4.69) is 13.8 Å². The molecule has 2 aromatic carbocycles. The summed E-state index contributed by atoms with van der Waals surface area (Å²) in [6.45, 7) is 7.56. The molecule has 28 heavy (non-hydrogen) atoms. The van der Waals surface area contributed by atoms with Crippen LogP contribution >= 0.6 is 0 Å². The Morgan fingerprint density at radius 3 is 2.29 bits per heavy atom. The Morgan fingerprint density at radius 2 is 1.64 bits per heavy atom. The molecule has 0 atom stereocenters. The first-order valence-electron chi connectivity index (χ1n) is 9.96. The van der Waals surface area contributed by atoms with E-state index in [9.17, 15) is 9.90 Å². The zero-order valence-electron chi connectivity index (χ0n) is 17.0. The number of carbonyl (C=O) groups excluding carboxylic acids is 1. The third kappa shape index (κ3) is 6.45. The van der Waals surface area contributed by atoms with E-state index < -0.39 is 0 Å². The van der Waals surface area contributed by atoms with Gasteiger partial charge in [-0.15, -0.1) is 0 Å². The number of aromatic hydroxyl groups is 1. The third-order valence-corrected chi connectivity index (χ3v) is 4.46. The Balaban J connectivity index is 2.23. The van der Waals surface area contributed by atoms with Crippen LogP contribution in [0.1, 0.15) is 61.0 Å². The quantitative estimate of drug-likeness (QED) is 0.296. The molecule has 0 saturated heterocycles. The number of rotatable bonds is 11. The molecule has 150 valence electrons. The van der Waals surface area contributed by atoms with E-state index in [-0.39, 0.29) is 11.5 Å². The van der Waals surface area contributed by atoms with Crippen molar-refractivity contribution in [3.8, 4) is 17.2 Å². The molecule has 0 aliphatic carbocycles. The minimum atomic E-state index is -0.120. The monoisotopic (exact) mass is 382 g/mol. The fraction of sp³-hybridized carbons (Fsp3) is 0.375. The van der Waals surface area contributed by atoms with Crippen LogP contribution in [0.25, 0.3) is 6.08 Å². The predicted molar refractivity (Wildman–Crippen MR) is 113 cm³/mol. The van der Waals surface area contributed by atoms with E-state index >= 15 is 0 Å². The molecule has 2 rings (SSSR count). The standard InChI is InChI=1S/C24H30O4/c1-4-6-14-27-22-16-20(18(3)24(17-22)28-15-7-5-2)10-13-23(26)19-8-11-21(25)12-9-19/h8-13,16-17,25H,4-7,14-15H2,1-3H3/b13-10+. The van der Waals surface area contributed by atoms with Gasteiger partial charge in [0.1, 0.15) is 17.2 Å². The summed E-state index contributed by atoms with van der Waals surface area (Å²) in [5, 5.41) is 9.36. The first-order chi connectivity index (χ1) is 13.5. The molecule has 0 spiro atoms. The average Bonchev–Trinajstić information content (AvgIpc) is 2.69. The highest BCUT2D eigenvalue weighted by Gasteiger charge is 2.09. The Bertz CT molecular complexity index is 791. The van der Waals surface area contributed by atoms with Crippen molar-refractivity contribution < 1.29 is 19.4 Å². The van der Waals surface area contributed by atoms with E-state index in [1.807, 2.05) is 19.1 Å². The van der Waals surface area contributed by atoms with Crippen LogP contribution in [0, 0.1) is 6.92 Å². The summed E-state index contributed by atoms with van der Waals surface area (Å²) < 4.78 is 11.8. The molecule has 0 unspecified atom stereocenters. The van der Waals surface area contributed by atoms with Gasteiger partial charge in [-0.25, -0.2) is 0 Å². The number of unbranched alkanes of at least 4 members (excludes halogenated alkanes) is 2. The maximum atomic E-state index is 12.4. The second-order valence-electron chi connectivity index (χ2n) is 6.78. The highest BCUT2D eigenvalue weighted by Crippen LogP contribution is 2.30. The number of allylic oxidation sites excluding steroid dienone is 1. The van der Waals surface area contributed by atoms with Crippen molar-refractivity contribution in [2.75, 3.05) is 13.2 Å². The lowest BCUT2D eigenvalue weighted by atomic mass is 10.0. The van der Waals surface area contributed by atoms with E-state index in [0.29, 0.717) is 18.8 Å². The summed E-state index contributed by atoms with van der Waals surface area (Å²) in [4.78, 5) is 12.4. The van der Waals surface area contributed by atoms with Gasteiger partial charge in [0.15, 0.2) is 5.78 Å². The lowest BCUT2D eigenvalue weighted by molar-refractivity contribution is 0.104. The maximum Gasteiger partial charge on any atom is 0.185 e. The zero-order valence-corrected chi connectivity index (χ0v) is 17.0. The first-order valence-corrected chi connectivity index (χ1v) is 9.96. The number of carbonyl (C=O) groups is 1. The Labute approximate surface area is 167 Å². The summed E-state index contributed by atoms with van der Waals surface area (Å²) in [6, 6.07) is 10.1. The average molecular weight is 383 g/mol. The van der Waals surface area contributed by atoms with Crippen LogP contribution in [0.2, 0.25) is 0 Å². The van der Waals surface area contributed by atoms with Gasteiger partial charge in [-0.1, -0.05) is 32.8 Å². The van der Waals surface area contributed by atoms with Gasteiger partial charge in [-0.3, -0.25) is 4.79 Å². The first kappa shape index (κ1) is 21.5. The second kappa shape index (κ2) is 11.2. The number of hydrogen-bond acceptors (Lipinski definition) is 4. The van der Waals surface area contributed by atoms with Crippen molar-refractivity contribution in [3.63, 3.8) is 0 Å². The van der Waals surface area contributed by atoms with Gasteiger partial charge in [0.2, 0.25) is 0 Å². The van der Waals surface area contributed by atoms with Crippen LogP contribution in [0.15, 0.2) is 42.5 Å². The third-order valence-electron chi connectivity index (χ3n) is 4.46. The van der Waals surface area contributed by atoms with Gasteiger partial charge in [0.05, 0.1) is 13.2 Å². The molecule has 0 aliphatic heterocycles. The molecule has 0 radical (unpaired) electrons. The normalized spacial score (nSPS) is 11.0. The summed E-state index contributed by atoms with van der Waals surface area (Å²) in [5.74, 6) is 1.56. The fourth-order valence-electron chi connectivity index (χ4n) is 2.64. The van der Waals surface area contributed by atoms with Crippen LogP contribution in [0.3, 0.4) is 0 Å². The topological polar surface area (TPSA) is 55.8 Å². The summed E-state index contributed by atoms with van der Waals surface area (Å²) in [7, 11) is 0. The van der Waals surface area contributed by atoms with Crippen molar-refractivity contribution in [2.45, 2.75) is 46.5 Å². The molecular weight excluding hydrogens is 352 g/mol. The zero-order chi connectivity index (χ0) is 20.4. The van der Waals surface area contributed by atoms with Crippen LogP contribution in [0.5, 0.6) is 17.2 Å². The van der Waals surface area contributed by atoms with Crippen molar-refractivity contribution in [1.82, 2.24) is 0 Å². The summed E-state index contributed by atoms with van der Waals surface area (Å²) >= 11 is 0. The van der Waals surface area contributed by atoms with Crippen LogP contribution in [-0.2, 0) is 0 Å². The molecule has 0 bridgehead atoms.